The van der Waals surface area contributed by atoms with Gasteiger partial charge in [0.25, 0.3) is 10.0 Å². The maximum atomic E-state index is 13.4. The number of rotatable bonds is 5. The average Bonchev–Trinajstić information content (AvgIpc) is 3.32. The van der Waals surface area contributed by atoms with E-state index in [4.69, 9.17) is 4.98 Å². The van der Waals surface area contributed by atoms with Crippen LogP contribution in [-0.4, -0.2) is 66.6 Å². The number of carbonyl (C=O) groups excluding carboxylic acids is 1. The molecule has 1 aliphatic carbocycles. The van der Waals surface area contributed by atoms with E-state index in [-0.39, 0.29) is 10.7 Å². The number of likely N-dealkylation sites (N-methyl/N-ethyl adjacent to an activating group) is 1. The Morgan fingerprint density at radius 3 is 2.46 bits per heavy atom. The van der Waals surface area contributed by atoms with Crippen LogP contribution in [0.2, 0.25) is 0 Å². The second-order valence-corrected chi connectivity index (χ2v) is 14.3. The highest BCUT2D eigenvalue weighted by molar-refractivity contribution is 7.92. The van der Waals surface area contributed by atoms with Crippen LogP contribution in [-0.2, 0) is 31.0 Å². The van der Waals surface area contributed by atoms with Gasteiger partial charge >= 0.3 is 0 Å². The van der Waals surface area contributed by atoms with E-state index in [0.717, 1.165) is 39.7 Å². The topological polar surface area (TPSA) is 113 Å². The van der Waals surface area contributed by atoms with Crippen LogP contribution in [0.25, 0.3) is 22.0 Å². The summed E-state index contributed by atoms with van der Waals surface area (Å²) in [5, 5.41) is 0.936. The number of nitrogens with zero attached hydrogens (tertiary/aromatic N) is 4. The molecule has 2 aliphatic heterocycles. The van der Waals surface area contributed by atoms with Crippen LogP contribution in [0.3, 0.4) is 0 Å². The molecule has 1 saturated heterocycles. The fourth-order valence-corrected chi connectivity index (χ4v) is 8.40. The lowest BCUT2D eigenvalue weighted by Gasteiger charge is -2.37. The van der Waals surface area contributed by atoms with Crippen molar-refractivity contribution in [3.8, 4) is 11.1 Å². The Hall–Kier alpha value is -3.83. The summed E-state index contributed by atoms with van der Waals surface area (Å²) in [5.41, 5.74) is 4.30. The van der Waals surface area contributed by atoms with Crippen molar-refractivity contribution in [2.24, 2.45) is 0 Å². The summed E-state index contributed by atoms with van der Waals surface area (Å²) in [6.07, 6.45) is 5.03. The van der Waals surface area contributed by atoms with E-state index in [0.29, 0.717) is 49.1 Å². The van der Waals surface area contributed by atoms with Crippen LogP contribution in [0, 0.1) is 0 Å². The number of ketones is 1. The average molecular weight is 588 g/mol. The molecule has 7 rings (SSSR count). The number of nitrogens with one attached hydrogen (secondary N) is 1. The van der Waals surface area contributed by atoms with E-state index < -0.39 is 26.2 Å². The number of sulfonamides is 1. The predicted molar refractivity (Wildman–Crippen MR) is 162 cm³/mol. The van der Waals surface area contributed by atoms with Gasteiger partial charge in [0.1, 0.15) is 5.78 Å². The lowest BCUT2D eigenvalue weighted by Crippen LogP contribution is -2.48. The molecule has 11 heteroatoms. The third kappa shape index (κ3) is 4.29. The summed E-state index contributed by atoms with van der Waals surface area (Å²) < 4.78 is 41.5. The van der Waals surface area contributed by atoms with Crippen molar-refractivity contribution in [3.05, 3.63) is 72.6 Å². The zero-order valence-electron chi connectivity index (χ0n) is 22.5. The Balaban J connectivity index is 1.34. The van der Waals surface area contributed by atoms with Crippen LogP contribution in [0.5, 0.6) is 0 Å². The van der Waals surface area contributed by atoms with Gasteiger partial charge in [0.05, 0.1) is 33.4 Å². The van der Waals surface area contributed by atoms with E-state index in [1.165, 1.54) is 0 Å². The molecule has 9 nitrogen and oxygen atoms in total. The maximum absolute atomic E-state index is 13.4. The second-order valence-electron chi connectivity index (χ2n) is 11.0. The number of pyridine rings is 2. The summed E-state index contributed by atoms with van der Waals surface area (Å²) in [4.78, 5) is 26.6. The normalized spacial score (nSPS) is 20.9. The molecule has 2 aromatic carbocycles. The second kappa shape index (κ2) is 9.63. The van der Waals surface area contributed by atoms with Crippen molar-refractivity contribution in [1.82, 2.24) is 9.97 Å². The molecular weight excluding hydrogens is 558 g/mol. The zero-order chi connectivity index (χ0) is 28.4. The van der Waals surface area contributed by atoms with Gasteiger partial charge in [-0.05, 0) is 42.3 Å². The first-order chi connectivity index (χ1) is 19.7. The molecule has 0 bridgehead atoms. The number of hydrogen-bond donors (Lipinski definition) is 1. The van der Waals surface area contributed by atoms with Crippen LogP contribution in [0.4, 0.5) is 17.2 Å². The first-order valence-corrected chi connectivity index (χ1v) is 16.6. The molecule has 1 atom stereocenters. The fourth-order valence-electron chi connectivity index (χ4n) is 6.28. The quantitative estimate of drug-likeness (QED) is 0.376. The van der Waals surface area contributed by atoms with E-state index >= 15 is 0 Å². The molecule has 3 aliphatic rings. The third-order valence-electron chi connectivity index (χ3n) is 8.53. The summed E-state index contributed by atoms with van der Waals surface area (Å²) in [6.45, 7) is 1.71. The highest BCUT2D eigenvalue weighted by Crippen LogP contribution is 2.52. The van der Waals surface area contributed by atoms with Gasteiger partial charge in [-0.25, -0.2) is 13.4 Å². The lowest BCUT2D eigenvalue weighted by atomic mass is 9.64. The van der Waals surface area contributed by atoms with Crippen LogP contribution < -0.4 is 14.5 Å². The summed E-state index contributed by atoms with van der Waals surface area (Å²) in [6, 6.07) is 16.0. The molecule has 2 fully saturated rings. The van der Waals surface area contributed by atoms with Crippen molar-refractivity contribution in [3.63, 3.8) is 0 Å². The number of aromatic nitrogens is 2. The molecular formula is C30H29N5O4S2. The Bertz CT molecular complexity index is 1840. The highest BCUT2D eigenvalue weighted by atomic mass is 32.2. The van der Waals surface area contributed by atoms with E-state index in [1.807, 2.05) is 42.4 Å². The van der Waals surface area contributed by atoms with Crippen LogP contribution in [0.1, 0.15) is 18.4 Å². The minimum Gasteiger partial charge on any atom is -0.372 e. The monoisotopic (exact) mass is 587 g/mol. The number of fused-ring (bicyclic) bond motifs is 4. The van der Waals surface area contributed by atoms with Crippen molar-refractivity contribution in [1.29, 1.82) is 0 Å². The molecule has 1 saturated carbocycles. The van der Waals surface area contributed by atoms with Gasteiger partial charge in [-0.2, -0.15) is 0 Å². The van der Waals surface area contributed by atoms with Crippen molar-refractivity contribution in [2.75, 3.05) is 52.7 Å². The van der Waals surface area contributed by atoms with Crippen molar-refractivity contribution < 1.29 is 17.4 Å². The number of anilines is 3. The molecule has 2 aromatic heterocycles. The first-order valence-electron chi connectivity index (χ1n) is 13.6. The number of Topliss-reactive ketones (excluding diaryl/α,β-unsaturated/α-hetero) is 1. The Labute approximate surface area is 241 Å². The molecule has 0 amide bonds. The molecule has 4 aromatic rings. The fraction of sp³-hybridized carbons (Fsp3) is 0.300. The predicted octanol–water partition coefficient (Wildman–Crippen LogP) is 3.72. The Kier molecular flexibility index (Phi) is 6.13. The van der Waals surface area contributed by atoms with Gasteiger partial charge in [0.2, 0.25) is 0 Å². The van der Waals surface area contributed by atoms with E-state index in [9.17, 15) is 17.4 Å². The Morgan fingerprint density at radius 1 is 0.976 bits per heavy atom. The standard InChI is InChI=1S/C30H29N5O4S2/c1-34-19-30(10-9-27(30)36)28-23-15-20(7-8-24(23)31-18-26(28)34)21-16-25(33-41(38,39)22-5-3-2-4-6-22)29(32-17-21)35-11-13-40(37)14-12-35/h2-8,15-18,33H,9-14,19H2,1H3. The summed E-state index contributed by atoms with van der Waals surface area (Å²) >= 11 is 0. The van der Waals surface area contributed by atoms with E-state index in [1.54, 1.807) is 36.5 Å². The number of hydrogen-bond acceptors (Lipinski definition) is 8. The van der Waals surface area contributed by atoms with Crippen LogP contribution >= 0.6 is 0 Å². The Morgan fingerprint density at radius 2 is 1.76 bits per heavy atom. The third-order valence-corrected chi connectivity index (χ3v) is 11.2. The van der Waals surface area contributed by atoms with Crippen LogP contribution in [0.15, 0.2) is 71.9 Å². The molecule has 210 valence electrons. The van der Waals surface area contributed by atoms with E-state index in [2.05, 4.69) is 14.6 Å². The SMILES string of the molecule is CN1CC2(CCC2=O)c2c1cnc1ccc(-c3cnc(N4CCS(=O)CC4)c(NS(=O)(=O)c4ccccc4)c3)cc21. The minimum absolute atomic E-state index is 0.156. The minimum atomic E-state index is -3.88. The first kappa shape index (κ1) is 26.1. The van der Waals surface area contributed by atoms with Crippen molar-refractivity contribution in [2.45, 2.75) is 23.2 Å². The lowest BCUT2D eigenvalue weighted by molar-refractivity contribution is -0.130. The van der Waals surface area contributed by atoms with Gasteiger partial charge in [0, 0.05) is 78.1 Å². The summed E-state index contributed by atoms with van der Waals surface area (Å²) in [5.74, 6) is 1.79. The smallest absolute Gasteiger partial charge is 0.262 e. The molecule has 41 heavy (non-hydrogen) atoms. The number of carbonyl (C=O) groups is 1. The van der Waals surface area contributed by atoms with Gasteiger partial charge in [-0.1, -0.05) is 24.3 Å². The number of benzene rings is 2. The van der Waals surface area contributed by atoms with Gasteiger partial charge in [-0.3, -0.25) is 18.7 Å². The van der Waals surface area contributed by atoms with Crippen molar-refractivity contribution >= 4 is 54.7 Å². The summed E-state index contributed by atoms with van der Waals surface area (Å²) in [7, 11) is -2.77. The van der Waals surface area contributed by atoms with Gasteiger partial charge < -0.3 is 9.80 Å². The largest absolute Gasteiger partial charge is 0.372 e. The zero-order valence-corrected chi connectivity index (χ0v) is 24.2. The molecule has 1 unspecified atom stereocenters. The maximum Gasteiger partial charge on any atom is 0.262 e. The van der Waals surface area contributed by atoms with Gasteiger partial charge in [0.15, 0.2) is 5.82 Å². The molecule has 1 spiro atoms. The molecule has 4 heterocycles. The molecule has 0 radical (unpaired) electrons. The highest BCUT2D eigenvalue weighted by Gasteiger charge is 2.54. The van der Waals surface area contributed by atoms with Gasteiger partial charge in [-0.15, -0.1) is 0 Å². The molecule has 1 N–H and O–H groups in total.